The zero-order valence-electron chi connectivity index (χ0n) is 21.5. The summed E-state index contributed by atoms with van der Waals surface area (Å²) in [5.74, 6) is 0.216. The number of hydrogen-bond donors (Lipinski definition) is 1. The molecule has 0 aliphatic rings. The van der Waals surface area contributed by atoms with Gasteiger partial charge in [0.1, 0.15) is 12.1 Å². The van der Waals surface area contributed by atoms with E-state index in [0.29, 0.717) is 6.42 Å². The molecule has 182 valence electrons. The van der Waals surface area contributed by atoms with Crippen molar-refractivity contribution >= 4 is 17.8 Å². The molecule has 0 bridgehead atoms. The largest absolute Gasteiger partial charge is 0.480 e. The van der Waals surface area contributed by atoms with Crippen LogP contribution in [0.5, 0.6) is 5.75 Å². The normalized spacial score (nSPS) is 13.0. The molecular weight excluding hydrogens is 416 g/mol. The number of aromatic nitrogens is 3. The Kier molecular flexibility index (Phi) is 8.81. The summed E-state index contributed by atoms with van der Waals surface area (Å²) in [6.45, 7) is 16.7. The molecule has 33 heavy (non-hydrogen) atoms. The van der Waals surface area contributed by atoms with E-state index in [1.54, 1.807) is 0 Å². The van der Waals surface area contributed by atoms with E-state index in [-0.39, 0.29) is 28.6 Å². The minimum Gasteiger partial charge on any atom is -0.480 e. The molecule has 2 rings (SSSR count). The van der Waals surface area contributed by atoms with Gasteiger partial charge in [-0.05, 0) is 48.1 Å². The highest BCUT2D eigenvalue weighted by Gasteiger charge is 2.29. The maximum absolute atomic E-state index is 13.2. The summed E-state index contributed by atoms with van der Waals surface area (Å²) in [5, 5.41) is 10.3. The molecule has 1 aromatic heterocycles. The number of ether oxygens (including phenoxy) is 1. The average Bonchev–Trinajstić information content (AvgIpc) is 3.24. The lowest BCUT2D eigenvalue weighted by Gasteiger charge is -2.31. The van der Waals surface area contributed by atoms with Crippen LogP contribution in [0, 0.1) is 0 Å². The van der Waals surface area contributed by atoms with Gasteiger partial charge in [-0.1, -0.05) is 67.0 Å². The van der Waals surface area contributed by atoms with Crippen molar-refractivity contribution in [3.8, 4) is 5.75 Å². The van der Waals surface area contributed by atoms with E-state index in [1.807, 2.05) is 6.07 Å². The fourth-order valence-corrected chi connectivity index (χ4v) is 3.50. The van der Waals surface area contributed by atoms with Gasteiger partial charge in [0.05, 0.1) is 0 Å². The number of unbranched alkanes of at least 4 members (excludes halogenated alkanes) is 1. The number of carbonyl (C=O) groups is 2. The maximum Gasteiger partial charge on any atom is 0.267 e. The molecule has 0 spiro atoms. The van der Waals surface area contributed by atoms with Gasteiger partial charge < -0.3 is 4.74 Å². The highest BCUT2D eigenvalue weighted by molar-refractivity contribution is 5.94. The number of anilines is 1. The second-order valence-corrected chi connectivity index (χ2v) is 9.97. The third-order valence-corrected chi connectivity index (χ3v) is 6.76. The maximum atomic E-state index is 13.2. The van der Waals surface area contributed by atoms with Crippen molar-refractivity contribution < 1.29 is 14.3 Å². The van der Waals surface area contributed by atoms with E-state index < -0.39 is 6.10 Å². The summed E-state index contributed by atoms with van der Waals surface area (Å²) in [6.07, 6.45) is 4.88. The van der Waals surface area contributed by atoms with Crippen LogP contribution >= 0.6 is 0 Å². The number of rotatable bonds is 11. The Morgan fingerprint density at radius 3 is 2.33 bits per heavy atom. The van der Waals surface area contributed by atoms with Gasteiger partial charge in [0.25, 0.3) is 5.91 Å². The minimum atomic E-state index is -0.710. The number of nitrogens with one attached hydrogen (secondary N) is 1. The predicted octanol–water partition coefficient (Wildman–Crippen LogP) is 5.89. The highest BCUT2D eigenvalue weighted by Crippen LogP contribution is 2.39. The smallest absolute Gasteiger partial charge is 0.267 e. The van der Waals surface area contributed by atoms with Crippen LogP contribution in [-0.4, -0.2) is 32.7 Å². The van der Waals surface area contributed by atoms with E-state index >= 15 is 0 Å². The molecule has 0 saturated carbocycles. The first-order chi connectivity index (χ1) is 15.5. The third-order valence-electron chi connectivity index (χ3n) is 6.76. The minimum absolute atomic E-state index is 0.0485. The molecule has 0 saturated heterocycles. The molecule has 1 unspecified atom stereocenters. The molecule has 0 aliphatic carbocycles. The number of nitrogens with zero attached hydrogens (tertiary/aromatic N) is 3. The van der Waals surface area contributed by atoms with Crippen LogP contribution < -0.4 is 10.1 Å². The molecule has 1 amide bonds. The monoisotopic (exact) mass is 456 g/mol. The lowest BCUT2D eigenvalue weighted by Crippen LogP contribution is -2.35. The first kappa shape index (κ1) is 26.6. The van der Waals surface area contributed by atoms with Crippen molar-refractivity contribution in [1.82, 2.24) is 14.8 Å². The molecule has 1 N–H and O–H groups in total. The van der Waals surface area contributed by atoms with Crippen LogP contribution in [0.4, 0.5) is 5.95 Å². The Labute approximate surface area is 198 Å². The van der Waals surface area contributed by atoms with Crippen LogP contribution in [0.15, 0.2) is 24.5 Å². The standard InChI is InChI=1S/C26H40N4O3/c1-9-12-13-22(23(32)28-24-29-27-17-30(24)18(4)31)33-21-15-14-19(25(5,6)10-2)16-20(21)26(7,8)11-3/h14-17,22H,9-13H2,1-8H3,(H,28,29,32). The van der Waals surface area contributed by atoms with E-state index in [2.05, 4.69) is 76.1 Å². The summed E-state index contributed by atoms with van der Waals surface area (Å²) < 4.78 is 7.60. The molecular formula is C26H40N4O3. The fraction of sp³-hybridized carbons (Fsp3) is 0.615. The van der Waals surface area contributed by atoms with E-state index in [1.165, 1.54) is 23.4 Å². The van der Waals surface area contributed by atoms with Crippen molar-refractivity contribution in [2.75, 3.05) is 5.32 Å². The Bertz CT molecular complexity index is 962. The average molecular weight is 457 g/mol. The van der Waals surface area contributed by atoms with Gasteiger partial charge in [-0.2, -0.15) is 0 Å². The van der Waals surface area contributed by atoms with Gasteiger partial charge in [-0.25, -0.2) is 4.57 Å². The Morgan fingerprint density at radius 1 is 1.09 bits per heavy atom. The molecule has 0 radical (unpaired) electrons. The summed E-state index contributed by atoms with van der Waals surface area (Å²) in [6, 6.07) is 6.35. The van der Waals surface area contributed by atoms with Crippen LogP contribution in [0.2, 0.25) is 0 Å². The number of carbonyl (C=O) groups excluding carboxylic acids is 2. The molecule has 1 atom stereocenters. The third kappa shape index (κ3) is 6.42. The van der Waals surface area contributed by atoms with Gasteiger partial charge in [-0.3, -0.25) is 14.9 Å². The Balaban J connectivity index is 2.41. The molecule has 7 nitrogen and oxygen atoms in total. The first-order valence-electron chi connectivity index (χ1n) is 12.0. The molecule has 2 aromatic rings. The van der Waals surface area contributed by atoms with Crippen molar-refractivity contribution in [1.29, 1.82) is 0 Å². The van der Waals surface area contributed by atoms with Gasteiger partial charge in [-0.15, -0.1) is 10.2 Å². The predicted molar refractivity (Wildman–Crippen MR) is 132 cm³/mol. The van der Waals surface area contributed by atoms with Gasteiger partial charge in [0.15, 0.2) is 6.10 Å². The fourth-order valence-electron chi connectivity index (χ4n) is 3.50. The summed E-state index contributed by atoms with van der Waals surface area (Å²) in [4.78, 5) is 24.9. The van der Waals surface area contributed by atoms with Gasteiger partial charge in [0, 0.05) is 12.5 Å². The second-order valence-electron chi connectivity index (χ2n) is 9.97. The summed E-state index contributed by atoms with van der Waals surface area (Å²) in [5.41, 5.74) is 2.30. The van der Waals surface area contributed by atoms with Gasteiger partial charge >= 0.3 is 0 Å². The van der Waals surface area contributed by atoms with Crippen LogP contribution in [0.3, 0.4) is 0 Å². The van der Waals surface area contributed by atoms with Gasteiger partial charge in [0.2, 0.25) is 11.9 Å². The second kappa shape index (κ2) is 10.9. The number of amides is 1. The number of benzene rings is 1. The highest BCUT2D eigenvalue weighted by atomic mass is 16.5. The zero-order chi connectivity index (χ0) is 24.8. The lowest BCUT2D eigenvalue weighted by molar-refractivity contribution is -0.123. The summed E-state index contributed by atoms with van der Waals surface area (Å²) >= 11 is 0. The SMILES string of the molecule is CCCCC(Oc1ccc(C(C)(C)CC)cc1C(C)(C)CC)C(=O)Nc1nncn1C(C)=O. The quantitative estimate of drug-likeness (QED) is 0.456. The van der Waals surface area contributed by atoms with E-state index in [9.17, 15) is 9.59 Å². The molecule has 0 aliphatic heterocycles. The summed E-state index contributed by atoms with van der Waals surface area (Å²) in [7, 11) is 0. The van der Waals surface area contributed by atoms with Crippen LogP contribution in [0.25, 0.3) is 0 Å². The van der Waals surface area contributed by atoms with Crippen LogP contribution in [0.1, 0.15) is 103 Å². The van der Waals surface area contributed by atoms with Crippen molar-refractivity contribution in [2.45, 2.75) is 104 Å². The Morgan fingerprint density at radius 2 is 1.76 bits per heavy atom. The topological polar surface area (TPSA) is 86.1 Å². The van der Waals surface area contributed by atoms with Crippen molar-refractivity contribution in [3.05, 3.63) is 35.7 Å². The Hall–Kier alpha value is -2.70. The lowest BCUT2D eigenvalue weighted by atomic mass is 9.76. The van der Waals surface area contributed by atoms with E-state index in [4.69, 9.17) is 4.74 Å². The van der Waals surface area contributed by atoms with E-state index in [0.717, 1.165) is 37.0 Å². The first-order valence-corrected chi connectivity index (χ1v) is 12.0. The molecule has 7 heteroatoms. The number of hydrogen-bond acceptors (Lipinski definition) is 5. The van der Waals surface area contributed by atoms with Crippen molar-refractivity contribution in [2.24, 2.45) is 0 Å². The molecule has 0 fully saturated rings. The van der Waals surface area contributed by atoms with Crippen LogP contribution in [-0.2, 0) is 15.6 Å². The molecule has 1 heterocycles. The zero-order valence-corrected chi connectivity index (χ0v) is 21.5. The van der Waals surface area contributed by atoms with Crippen molar-refractivity contribution in [3.63, 3.8) is 0 Å². The molecule has 1 aromatic carbocycles.